The summed E-state index contributed by atoms with van der Waals surface area (Å²) in [5.74, 6) is 1.25. The summed E-state index contributed by atoms with van der Waals surface area (Å²) in [6.07, 6.45) is 1.38. The lowest BCUT2D eigenvalue weighted by Crippen LogP contribution is -2.23. The van der Waals surface area contributed by atoms with E-state index < -0.39 is 0 Å². The maximum atomic E-state index is 12.0. The highest BCUT2D eigenvalue weighted by Crippen LogP contribution is 2.27. The molecule has 0 unspecified atom stereocenters. The van der Waals surface area contributed by atoms with E-state index in [0.29, 0.717) is 35.3 Å². The molecule has 0 aromatic heterocycles. The number of nitrogens with one attached hydrogen (secondary N) is 1. The molecule has 20 heavy (non-hydrogen) atoms. The number of anilines is 1. The second kappa shape index (κ2) is 8.12. The normalized spacial score (nSPS) is 12.3. The zero-order valence-electron chi connectivity index (χ0n) is 12.3. The largest absolute Gasteiger partial charge is 0.495 e. The predicted octanol–water partition coefficient (Wildman–Crippen LogP) is 3.30. The summed E-state index contributed by atoms with van der Waals surface area (Å²) >= 11 is 5.94. The zero-order valence-corrected chi connectivity index (χ0v) is 13.0. The topological polar surface area (TPSA) is 64.3 Å². The van der Waals surface area contributed by atoms with Crippen molar-refractivity contribution in [2.75, 3.05) is 19.0 Å². The Morgan fingerprint density at radius 2 is 2.15 bits per heavy atom. The predicted molar refractivity (Wildman–Crippen MR) is 83.3 cm³/mol. The number of benzene rings is 1. The van der Waals surface area contributed by atoms with Crippen LogP contribution in [0.1, 0.15) is 26.7 Å². The fraction of sp³-hybridized carbons (Fsp3) is 0.533. The van der Waals surface area contributed by atoms with Crippen LogP contribution in [0.3, 0.4) is 0 Å². The van der Waals surface area contributed by atoms with E-state index >= 15 is 0 Å². The fourth-order valence-electron chi connectivity index (χ4n) is 2.14. The van der Waals surface area contributed by atoms with Crippen LogP contribution in [0.15, 0.2) is 18.2 Å². The van der Waals surface area contributed by atoms with E-state index in [1.807, 2.05) is 0 Å². The Morgan fingerprint density at radius 3 is 2.70 bits per heavy atom. The zero-order chi connectivity index (χ0) is 15.1. The smallest absolute Gasteiger partial charge is 0.224 e. The maximum absolute atomic E-state index is 12.0. The van der Waals surface area contributed by atoms with E-state index in [4.69, 9.17) is 22.1 Å². The van der Waals surface area contributed by atoms with Crippen LogP contribution < -0.4 is 15.8 Å². The van der Waals surface area contributed by atoms with Gasteiger partial charge in [-0.15, -0.1) is 0 Å². The Hall–Kier alpha value is -1.26. The molecule has 112 valence electrons. The van der Waals surface area contributed by atoms with Gasteiger partial charge in [0.15, 0.2) is 0 Å². The lowest BCUT2D eigenvalue weighted by Gasteiger charge is -2.16. The summed E-state index contributed by atoms with van der Waals surface area (Å²) in [7, 11) is 1.54. The highest BCUT2D eigenvalue weighted by molar-refractivity contribution is 6.32. The van der Waals surface area contributed by atoms with Gasteiger partial charge >= 0.3 is 0 Å². The monoisotopic (exact) mass is 298 g/mol. The molecular weight excluding hydrogens is 276 g/mol. The molecule has 0 radical (unpaired) electrons. The van der Waals surface area contributed by atoms with Crippen LogP contribution in [0, 0.1) is 11.8 Å². The van der Waals surface area contributed by atoms with Gasteiger partial charge in [0.05, 0.1) is 12.1 Å². The van der Waals surface area contributed by atoms with Crippen LogP contribution in [0.4, 0.5) is 5.69 Å². The molecule has 0 aliphatic heterocycles. The second-order valence-corrected chi connectivity index (χ2v) is 5.74. The van der Waals surface area contributed by atoms with E-state index in [9.17, 15) is 4.79 Å². The minimum Gasteiger partial charge on any atom is -0.495 e. The number of hydrogen-bond acceptors (Lipinski definition) is 3. The van der Waals surface area contributed by atoms with Crippen LogP contribution in [0.25, 0.3) is 0 Å². The van der Waals surface area contributed by atoms with Gasteiger partial charge in [0.1, 0.15) is 5.75 Å². The van der Waals surface area contributed by atoms with Crippen molar-refractivity contribution in [2.45, 2.75) is 26.7 Å². The van der Waals surface area contributed by atoms with Crippen molar-refractivity contribution in [3.63, 3.8) is 0 Å². The highest BCUT2D eigenvalue weighted by atomic mass is 35.5. The van der Waals surface area contributed by atoms with E-state index in [2.05, 4.69) is 19.2 Å². The molecular formula is C15H23ClN2O2. The van der Waals surface area contributed by atoms with Gasteiger partial charge in [-0.05, 0) is 36.9 Å². The van der Waals surface area contributed by atoms with Gasteiger partial charge in [0.25, 0.3) is 0 Å². The number of rotatable bonds is 7. The number of carbonyl (C=O) groups is 1. The first-order valence-electron chi connectivity index (χ1n) is 6.79. The average molecular weight is 299 g/mol. The third-order valence-electron chi connectivity index (χ3n) is 3.05. The number of halogens is 1. The van der Waals surface area contributed by atoms with Gasteiger partial charge in [-0.25, -0.2) is 0 Å². The number of amides is 1. The third kappa shape index (κ3) is 5.39. The summed E-state index contributed by atoms with van der Waals surface area (Å²) < 4.78 is 5.12. The number of nitrogens with two attached hydrogens (primary N) is 1. The molecule has 0 spiro atoms. The van der Waals surface area contributed by atoms with Gasteiger partial charge in [0.2, 0.25) is 5.91 Å². The highest BCUT2D eigenvalue weighted by Gasteiger charge is 2.14. The Morgan fingerprint density at radius 1 is 1.45 bits per heavy atom. The molecule has 0 aliphatic carbocycles. The molecule has 0 bridgehead atoms. The SMILES string of the molecule is COc1cc(NC(=O)C[C@@H](CN)CC(C)C)ccc1Cl. The summed E-state index contributed by atoms with van der Waals surface area (Å²) in [5, 5.41) is 3.37. The summed E-state index contributed by atoms with van der Waals surface area (Å²) in [6, 6.07) is 5.16. The van der Waals surface area contributed by atoms with Crippen molar-refractivity contribution < 1.29 is 9.53 Å². The standard InChI is InChI=1S/C15H23ClN2O2/c1-10(2)6-11(9-17)7-15(19)18-12-4-5-13(16)14(8-12)20-3/h4-5,8,10-11H,6-7,9,17H2,1-3H3,(H,18,19)/t11-/m0/s1. The molecule has 1 amide bonds. The van der Waals surface area contributed by atoms with Gasteiger partial charge in [-0.1, -0.05) is 25.4 Å². The minimum absolute atomic E-state index is 0.0366. The van der Waals surface area contributed by atoms with Crippen molar-refractivity contribution in [1.29, 1.82) is 0 Å². The molecule has 0 heterocycles. The molecule has 0 fully saturated rings. The molecule has 4 nitrogen and oxygen atoms in total. The van der Waals surface area contributed by atoms with E-state index in [1.54, 1.807) is 25.3 Å². The summed E-state index contributed by atoms with van der Waals surface area (Å²) in [4.78, 5) is 12.0. The lowest BCUT2D eigenvalue weighted by atomic mass is 9.94. The van der Waals surface area contributed by atoms with Crippen molar-refractivity contribution in [3.8, 4) is 5.75 Å². The van der Waals surface area contributed by atoms with E-state index in [0.717, 1.165) is 6.42 Å². The Labute approximate surface area is 125 Å². The van der Waals surface area contributed by atoms with Gasteiger partial charge in [-0.2, -0.15) is 0 Å². The van der Waals surface area contributed by atoms with Gasteiger partial charge < -0.3 is 15.8 Å². The van der Waals surface area contributed by atoms with Gasteiger partial charge in [0, 0.05) is 18.2 Å². The molecule has 5 heteroatoms. The molecule has 1 aromatic rings. The van der Waals surface area contributed by atoms with Crippen molar-refractivity contribution in [3.05, 3.63) is 23.2 Å². The number of hydrogen-bond donors (Lipinski definition) is 2. The van der Waals surface area contributed by atoms with Gasteiger partial charge in [-0.3, -0.25) is 4.79 Å². The second-order valence-electron chi connectivity index (χ2n) is 5.33. The minimum atomic E-state index is -0.0366. The molecule has 0 saturated carbocycles. The Kier molecular flexibility index (Phi) is 6.82. The van der Waals surface area contributed by atoms with Crippen LogP contribution in [-0.2, 0) is 4.79 Å². The maximum Gasteiger partial charge on any atom is 0.224 e. The number of methoxy groups -OCH3 is 1. The van der Waals surface area contributed by atoms with Crippen molar-refractivity contribution in [2.24, 2.45) is 17.6 Å². The quantitative estimate of drug-likeness (QED) is 0.812. The molecule has 1 aromatic carbocycles. The summed E-state index contributed by atoms with van der Waals surface area (Å²) in [5.41, 5.74) is 6.39. The first-order valence-corrected chi connectivity index (χ1v) is 7.17. The first-order chi connectivity index (χ1) is 9.46. The summed E-state index contributed by atoms with van der Waals surface area (Å²) in [6.45, 7) is 4.78. The van der Waals surface area contributed by atoms with Crippen LogP contribution in [-0.4, -0.2) is 19.6 Å². The average Bonchev–Trinajstić information content (AvgIpc) is 2.39. The van der Waals surface area contributed by atoms with Crippen molar-refractivity contribution >= 4 is 23.2 Å². The van der Waals surface area contributed by atoms with Crippen molar-refractivity contribution in [1.82, 2.24) is 0 Å². The lowest BCUT2D eigenvalue weighted by molar-refractivity contribution is -0.117. The molecule has 1 rings (SSSR count). The molecule has 1 atom stereocenters. The third-order valence-corrected chi connectivity index (χ3v) is 3.36. The number of ether oxygens (including phenoxy) is 1. The molecule has 3 N–H and O–H groups in total. The van der Waals surface area contributed by atoms with Crippen LogP contribution in [0.5, 0.6) is 5.75 Å². The van der Waals surface area contributed by atoms with Crippen LogP contribution in [0.2, 0.25) is 5.02 Å². The van der Waals surface area contributed by atoms with E-state index in [-0.39, 0.29) is 11.8 Å². The molecule has 0 aliphatic rings. The molecule has 0 saturated heterocycles. The Bertz CT molecular complexity index is 449. The van der Waals surface area contributed by atoms with Crippen LogP contribution >= 0.6 is 11.6 Å². The van der Waals surface area contributed by atoms with E-state index in [1.165, 1.54) is 0 Å². The first kappa shape index (κ1) is 16.8. The Balaban J connectivity index is 2.61. The fourth-order valence-corrected chi connectivity index (χ4v) is 2.34. The number of carbonyl (C=O) groups excluding carboxylic acids is 1.